The standard InChI is InChI=1S/C27H24FNO5/c28-20-12-10-19(11-13-20)18-8-5-17(6-9-18)7-14-24(30)23(27(33)34)15-16-29-25(31)21-3-1-2-4-22(21)26(29)32/h1-6,8-13,23-24,30H,7,14-16H2,(H,33,34)/t23-,24+/m0/s1. The average Bonchev–Trinajstić information content (AvgIpc) is 3.08. The number of amides is 2. The molecule has 0 saturated heterocycles. The first kappa shape index (κ1) is 23.3. The summed E-state index contributed by atoms with van der Waals surface area (Å²) >= 11 is 0. The van der Waals surface area contributed by atoms with Crippen LogP contribution in [0.3, 0.4) is 0 Å². The number of aliphatic hydroxyl groups excluding tert-OH is 1. The van der Waals surface area contributed by atoms with Gasteiger partial charge in [0.15, 0.2) is 0 Å². The molecule has 4 rings (SSSR count). The van der Waals surface area contributed by atoms with Crippen molar-refractivity contribution in [3.63, 3.8) is 0 Å². The van der Waals surface area contributed by atoms with Gasteiger partial charge >= 0.3 is 5.97 Å². The first-order valence-corrected chi connectivity index (χ1v) is 11.1. The molecule has 2 amide bonds. The maximum absolute atomic E-state index is 13.1. The van der Waals surface area contributed by atoms with Gasteiger partial charge in [0.25, 0.3) is 11.8 Å². The Morgan fingerprint density at radius 2 is 1.35 bits per heavy atom. The van der Waals surface area contributed by atoms with Gasteiger partial charge in [-0.1, -0.05) is 48.5 Å². The average molecular weight is 461 g/mol. The van der Waals surface area contributed by atoms with Gasteiger partial charge in [-0.25, -0.2) is 4.39 Å². The van der Waals surface area contributed by atoms with Crippen LogP contribution in [0.5, 0.6) is 0 Å². The SMILES string of the molecule is O=C(O)[C@@H](CCN1C(=O)c2ccccc2C1=O)[C@H](O)CCc1ccc(-c2ccc(F)cc2)cc1. The highest BCUT2D eigenvalue weighted by Gasteiger charge is 2.36. The third-order valence-electron chi connectivity index (χ3n) is 6.18. The van der Waals surface area contributed by atoms with Gasteiger partial charge in [-0.3, -0.25) is 19.3 Å². The van der Waals surface area contributed by atoms with Crippen LogP contribution in [0.2, 0.25) is 0 Å². The van der Waals surface area contributed by atoms with Crippen LogP contribution in [0.25, 0.3) is 11.1 Å². The normalized spacial score (nSPS) is 14.7. The van der Waals surface area contributed by atoms with Crippen molar-refractivity contribution in [2.75, 3.05) is 6.54 Å². The molecule has 0 bridgehead atoms. The molecular weight excluding hydrogens is 437 g/mol. The predicted octanol–water partition coefficient (Wildman–Crippen LogP) is 4.17. The molecular formula is C27H24FNO5. The second-order valence-electron chi connectivity index (χ2n) is 8.35. The van der Waals surface area contributed by atoms with E-state index in [4.69, 9.17) is 0 Å². The molecule has 3 aromatic carbocycles. The van der Waals surface area contributed by atoms with Crippen molar-refractivity contribution in [1.82, 2.24) is 4.90 Å². The second kappa shape index (κ2) is 9.97. The largest absolute Gasteiger partial charge is 0.481 e. The first-order valence-electron chi connectivity index (χ1n) is 11.1. The summed E-state index contributed by atoms with van der Waals surface area (Å²) in [6, 6.07) is 20.2. The number of carboxylic acids is 1. The van der Waals surface area contributed by atoms with E-state index in [1.807, 2.05) is 24.3 Å². The fraction of sp³-hybridized carbons (Fsp3) is 0.222. The van der Waals surface area contributed by atoms with Crippen LogP contribution in [-0.4, -0.2) is 45.5 Å². The van der Waals surface area contributed by atoms with E-state index in [-0.39, 0.29) is 25.2 Å². The van der Waals surface area contributed by atoms with E-state index in [0.717, 1.165) is 21.6 Å². The van der Waals surface area contributed by atoms with E-state index in [0.29, 0.717) is 17.5 Å². The number of carbonyl (C=O) groups is 3. The monoisotopic (exact) mass is 461 g/mol. The summed E-state index contributed by atoms with van der Waals surface area (Å²) in [5.74, 6) is -3.47. The molecule has 174 valence electrons. The van der Waals surface area contributed by atoms with Gasteiger partial charge in [0.05, 0.1) is 23.1 Å². The fourth-order valence-electron chi connectivity index (χ4n) is 4.21. The number of halogens is 1. The van der Waals surface area contributed by atoms with E-state index in [9.17, 15) is 29.0 Å². The summed E-state index contributed by atoms with van der Waals surface area (Å²) in [7, 11) is 0. The van der Waals surface area contributed by atoms with Crippen LogP contribution >= 0.6 is 0 Å². The zero-order valence-electron chi connectivity index (χ0n) is 18.4. The number of benzene rings is 3. The molecule has 0 radical (unpaired) electrons. The Hall–Kier alpha value is -3.84. The molecule has 2 N–H and O–H groups in total. The van der Waals surface area contributed by atoms with Crippen LogP contribution in [-0.2, 0) is 11.2 Å². The number of hydrogen-bond acceptors (Lipinski definition) is 4. The molecule has 0 saturated carbocycles. The third-order valence-corrected chi connectivity index (χ3v) is 6.18. The minimum atomic E-state index is -1.17. The molecule has 1 aliphatic rings. The highest BCUT2D eigenvalue weighted by molar-refractivity contribution is 6.21. The van der Waals surface area contributed by atoms with Crippen LogP contribution < -0.4 is 0 Å². The van der Waals surface area contributed by atoms with Gasteiger partial charge in [0.2, 0.25) is 0 Å². The van der Waals surface area contributed by atoms with Crippen molar-refractivity contribution in [2.24, 2.45) is 5.92 Å². The van der Waals surface area contributed by atoms with E-state index in [2.05, 4.69) is 0 Å². The molecule has 0 aliphatic carbocycles. The van der Waals surface area contributed by atoms with Crippen molar-refractivity contribution in [3.8, 4) is 11.1 Å². The van der Waals surface area contributed by atoms with Gasteiger partial charge in [-0.15, -0.1) is 0 Å². The van der Waals surface area contributed by atoms with E-state index in [1.54, 1.807) is 36.4 Å². The lowest BCUT2D eigenvalue weighted by molar-refractivity contribution is -0.146. The highest BCUT2D eigenvalue weighted by atomic mass is 19.1. The van der Waals surface area contributed by atoms with Crippen molar-refractivity contribution < 1.29 is 29.0 Å². The maximum Gasteiger partial charge on any atom is 0.309 e. The number of carbonyl (C=O) groups excluding carboxylic acids is 2. The van der Waals surface area contributed by atoms with Gasteiger partial charge in [-0.2, -0.15) is 0 Å². The highest BCUT2D eigenvalue weighted by Crippen LogP contribution is 2.25. The van der Waals surface area contributed by atoms with Crippen molar-refractivity contribution in [2.45, 2.75) is 25.4 Å². The van der Waals surface area contributed by atoms with E-state index in [1.165, 1.54) is 12.1 Å². The molecule has 7 heteroatoms. The van der Waals surface area contributed by atoms with Gasteiger partial charge in [0, 0.05) is 6.54 Å². The Balaban J connectivity index is 1.34. The Labute approximate surface area is 196 Å². The van der Waals surface area contributed by atoms with Crippen LogP contribution in [0.15, 0.2) is 72.8 Å². The molecule has 34 heavy (non-hydrogen) atoms. The lowest BCUT2D eigenvalue weighted by atomic mass is 9.93. The smallest absolute Gasteiger partial charge is 0.309 e. The van der Waals surface area contributed by atoms with Crippen LogP contribution in [0.4, 0.5) is 4.39 Å². The maximum atomic E-state index is 13.1. The molecule has 0 spiro atoms. The minimum Gasteiger partial charge on any atom is -0.481 e. The number of aliphatic hydroxyl groups is 1. The Bertz CT molecular complexity index is 1170. The Morgan fingerprint density at radius 3 is 1.88 bits per heavy atom. The molecule has 0 fully saturated rings. The third kappa shape index (κ3) is 4.89. The molecule has 0 unspecified atom stereocenters. The Kier molecular flexibility index (Phi) is 6.84. The number of aryl methyl sites for hydroxylation is 1. The summed E-state index contributed by atoms with van der Waals surface area (Å²) in [4.78, 5) is 37.8. The van der Waals surface area contributed by atoms with Crippen molar-refractivity contribution >= 4 is 17.8 Å². The summed E-state index contributed by atoms with van der Waals surface area (Å²) < 4.78 is 13.1. The first-order chi connectivity index (χ1) is 16.3. The zero-order valence-corrected chi connectivity index (χ0v) is 18.4. The molecule has 6 nitrogen and oxygen atoms in total. The fourth-order valence-corrected chi connectivity index (χ4v) is 4.21. The topological polar surface area (TPSA) is 94.9 Å². The predicted molar refractivity (Wildman–Crippen MR) is 124 cm³/mol. The van der Waals surface area contributed by atoms with Crippen molar-refractivity contribution in [1.29, 1.82) is 0 Å². The zero-order chi connectivity index (χ0) is 24.2. The number of aliphatic carboxylic acids is 1. The number of rotatable bonds is 9. The molecule has 2 atom stereocenters. The number of hydrogen-bond donors (Lipinski definition) is 2. The number of imide groups is 1. The molecule has 1 aliphatic heterocycles. The molecule has 0 aromatic heterocycles. The van der Waals surface area contributed by atoms with Crippen LogP contribution in [0, 0.1) is 11.7 Å². The molecule has 3 aromatic rings. The summed E-state index contributed by atoms with van der Waals surface area (Å²) in [6.07, 6.45) is -0.494. The quantitative estimate of drug-likeness (QED) is 0.467. The number of fused-ring (bicyclic) bond motifs is 1. The molecule has 1 heterocycles. The summed E-state index contributed by atoms with van der Waals surface area (Å²) in [6.45, 7) is -0.0766. The summed E-state index contributed by atoms with van der Waals surface area (Å²) in [5, 5.41) is 20.2. The summed E-state index contributed by atoms with van der Waals surface area (Å²) in [5.41, 5.74) is 3.35. The van der Waals surface area contributed by atoms with Gasteiger partial charge in [0.1, 0.15) is 5.82 Å². The van der Waals surface area contributed by atoms with Crippen LogP contribution in [0.1, 0.15) is 39.1 Å². The second-order valence-corrected chi connectivity index (χ2v) is 8.35. The lowest BCUT2D eigenvalue weighted by Gasteiger charge is -2.22. The number of carboxylic acid groups (broad SMARTS) is 1. The number of nitrogens with zero attached hydrogens (tertiary/aromatic N) is 1. The van der Waals surface area contributed by atoms with Gasteiger partial charge in [-0.05, 0) is 60.2 Å². The minimum absolute atomic E-state index is 0.0362. The van der Waals surface area contributed by atoms with Gasteiger partial charge < -0.3 is 10.2 Å². The lowest BCUT2D eigenvalue weighted by Crippen LogP contribution is -2.36. The Morgan fingerprint density at radius 1 is 0.824 bits per heavy atom. The van der Waals surface area contributed by atoms with E-state index >= 15 is 0 Å². The van der Waals surface area contributed by atoms with Crippen molar-refractivity contribution in [3.05, 3.63) is 95.3 Å². The van der Waals surface area contributed by atoms with E-state index < -0.39 is 29.8 Å².